The Balaban J connectivity index is 1.66. The molecule has 1 saturated carbocycles. The molecule has 1 amide bonds. The molecule has 0 atom stereocenters. The molecule has 24 heavy (non-hydrogen) atoms. The molecule has 6 heteroatoms. The molecule has 0 radical (unpaired) electrons. The molecular formula is C18H23N3O2S. The first-order valence-electron chi connectivity index (χ1n) is 8.83. The summed E-state index contributed by atoms with van der Waals surface area (Å²) in [6.07, 6.45) is 6.61. The van der Waals surface area contributed by atoms with Crippen molar-refractivity contribution in [3.8, 4) is 0 Å². The van der Waals surface area contributed by atoms with Crippen molar-refractivity contribution >= 4 is 27.5 Å². The molecule has 128 valence electrons. The predicted octanol–water partition coefficient (Wildman–Crippen LogP) is 3.41. The Morgan fingerprint density at radius 3 is 2.92 bits per heavy atom. The number of fused-ring (bicyclic) bond motifs is 1. The number of aromatic nitrogens is 2. The second-order valence-electron chi connectivity index (χ2n) is 6.79. The van der Waals surface area contributed by atoms with E-state index < -0.39 is 0 Å². The van der Waals surface area contributed by atoms with E-state index in [2.05, 4.69) is 16.0 Å². The maximum absolute atomic E-state index is 12.0. The Bertz CT molecular complexity index is 752. The topological polar surface area (TPSA) is 55.3 Å². The van der Waals surface area contributed by atoms with Crippen LogP contribution in [0.3, 0.4) is 0 Å². The van der Waals surface area contributed by atoms with Crippen LogP contribution in [0.5, 0.6) is 0 Å². The molecule has 0 unspecified atom stereocenters. The molecule has 0 spiro atoms. The van der Waals surface area contributed by atoms with Crippen LogP contribution in [0.1, 0.15) is 54.4 Å². The largest absolute Gasteiger partial charge is 0.370 e. The number of aryl methyl sites for hydroxylation is 1. The summed E-state index contributed by atoms with van der Waals surface area (Å²) in [5.74, 6) is 1.51. The van der Waals surface area contributed by atoms with E-state index in [0.29, 0.717) is 25.6 Å². The Kier molecular flexibility index (Phi) is 4.50. The van der Waals surface area contributed by atoms with Gasteiger partial charge in [-0.1, -0.05) is 19.3 Å². The van der Waals surface area contributed by atoms with E-state index >= 15 is 0 Å². The van der Waals surface area contributed by atoms with Crippen LogP contribution in [-0.2, 0) is 16.1 Å². The molecular weight excluding hydrogens is 322 g/mol. The molecule has 2 aliphatic rings. The Hall–Kier alpha value is -1.53. The number of ether oxygens (including phenoxy) is 1. The fraction of sp³-hybridized carbons (Fsp3) is 0.611. The van der Waals surface area contributed by atoms with Crippen LogP contribution in [0.25, 0.3) is 10.2 Å². The Morgan fingerprint density at radius 1 is 1.29 bits per heavy atom. The van der Waals surface area contributed by atoms with E-state index in [-0.39, 0.29) is 12.5 Å². The van der Waals surface area contributed by atoms with Crippen molar-refractivity contribution in [2.45, 2.75) is 51.5 Å². The molecule has 1 aliphatic carbocycles. The van der Waals surface area contributed by atoms with E-state index in [0.717, 1.165) is 21.7 Å². The highest BCUT2D eigenvalue weighted by molar-refractivity contribution is 7.18. The van der Waals surface area contributed by atoms with Gasteiger partial charge < -0.3 is 9.64 Å². The fourth-order valence-corrected chi connectivity index (χ4v) is 4.99. The van der Waals surface area contributed by atoms with E-state index in [1.807, 2.05) is 23.2 Å². The second kappa shape index (κ2) is 6.76. The first-order valence-corrected chi connectivity index (χ1v) is 9.65. The van der Waals surface area contributed by atoms with Crippen molar-refractivity contribution in [3.05, 3.63) is 22.5 Å². The van der Waals surface area contributed by atoms with E-state index in [9.17, 15) is 4.79 Å². The van der Waals surface area contributed by atoms with Crippen LogP contribution in [0.2, 0.25) is 0 Å². The molecule has 0 aromatic carbocycles. The summed E-state index contributed by atoms with van der Waals surface area (Å²) < 4.78 is 5.22. The van der Waals surface area contributed by atoms with Crippen LogP contribution in [-0.4, -0.2) is 40.5 Å². The molecule has 1 aliphatic heterocycles. The maximum Gasteiger partial charge on any atom is 0.249 e. The van der Waals surface area contributed by atoms with E-state index in [4.69, 9.17) is 4.74 Å². The van der Waals surface area contributed by atoms with Crippen molar-refractivity contribution < 1.29 is 9.53 Å². The first kappa shape index (κ1) is 16.0. The lowest BCUT2D eigenvalue weighted by Gasteiger charge is -2.26. The van der Waals surface area contributed by atoms with Gasteiger partial charge >= 0.3 is 0 Å². The van der Waals surface area contributed by atoms with Gasteiger partial charge in [-0.15, -0.1) is 11.3 Å². The number of nitrogens with zero attached hydrogens (tertiary/aromatic N) is 3. The summed E-state index contributed by atoms with van der Waals surface area (Å²) >= 11 is 1.82. The number of carbonyl (C=O) groups is 1. The lowest BCUT2D eigenvalue weighted by atomic mass is 9.88. The van der Waals surface area contributed by atoms with Crippen molar-refractivity contribution in [1.82, 2.24) is 14.9 Å². The minimum absolute atomic E-state index is 0.0494. The summed E-state index contributed by atoms with van der Waals surface area (Å²) in [6.45, 7) is 3.93. The molecule has 2 aromatic rings. The van der Waals surface area contributed by atoms with Gasteiger partial charge in [0.2, 0.25) is 5.91 Å². The van der Waals surface area contributed by atoms with Crippen LogP contribution in [0.15, 0.2) is 6.07 Å². The van der Waals surface area contributed by atoms with E-state index in [1.165, 1.54) is 37.0 Å². The van der Waals surface area contributed by atoms with Gasteiger partial charge in [0.05, 0.1) is 18.8 Å². The lowest BCUT2D eigenvalue weighted by Crippen LogP contribution is -2.41. The lowest BCUT2D eigenvalue weighted by molar-refractivity contribution is -0.143. The number of morpholine rings is 1. The molecule has 4 rings (SSSR count). The summed E-state index contributed by atoms with van der Waals surface area (Å²) in [6, 6.07) is 2.29. The van der Waals surface area contributed by atoms with Gasteiger partial charge in [-0.2, -0.15) is 0 Å². The van der Waals surface area contributed by atoms with Crippen molar-refractivity contribution in [1.29, 1.82) is 0 Å². The average Bonchev–Trinajstić information content (AvgIpc) is 3.02. The van der Waals surface area contributed by atoms with E-state index in [1.54, 1.807) is 0 Å². The van der Waals surface area contributed by atoms with Gasteiger partial charge in [0.25, 0.3) is 0 Å². The SMILES string of the molecule is Cc1nc(CN2CCOCC2=O)c2cc(C3CCCCC3)sc2n1. The van der Waals surface area contributed by atoms with Gasteiger partial charge in [-0.25, -0.2) is 9.97 Å². The Morgan fingerprint density at radius 2 is 2.12 bits per heavy atom. The molecule has 0 bridgehead atoms. The number of hydrogen-bond acceptors (Lipinski definition) is 5. The number of rotatable bonds is 3. The standard InChI is InChI=1S/C18H23N3O2S/c1-12-19-15(10-21-7-8-23-11-17(21)22)14-9-16(24-18(14)20-12)13-5-3-2-4-6-13/h9,13H,2-8,10-11H2,1H3. The minimum Gasteiger partial charge on any atom is -0.370 e. The van der Waals surface area contributed by atoms with Gasteiger partial charge in [-0.05, 0) is 31.7 Å². The molecule has 5 nitrogen and oxygen atoms in total. The fourth-order valence-electron chi connectivity index (χ4n) is 3.72. The Labute approximate surface area is 146 Å². The molecule has 2 aromatic heterocycles. The second-order valence-corrected chi connectivity index (χ2v) is 7.85. The highest BCUT2D eigenvalue weighted by Gasteiger charge is 2.23. The molecule has 1 saturated heterocycles. The zero-order valence-electron chi connectivity index (χ0n) is 14.1. The number of amides is 1. The average molecular weight is 345 g/mol. The summed E-state index contributed by atoms with van der Waals surface area (Å²) in [7, 11) is 0. The molecule has 3 heterocycles. The summed E-state index contributed by atoms with van der Waals surface area (Å²) in [5.41, 5.74) is 0.978. The van der Waals surface area contributed by atoms with Crippen LogP contribution in [0, 0.1) is 6.92 Å². The van der Waals surface area contributed by atoms with Crippen molar-refractivity contribution in [2.24, 2.45) is 0 Å². The van der Waals surface area contributed by atoms with Gasteiger partial charge in [0.1, 0.15) is 17.3 Å². The third-order valence-corrected chi connectivity index (χ3v) is 6.23. The maximum atomic E-state index is 12.0. The van der Waals surface area contributed by atoms with Crippen LogP contribution < -0.4 is 0 Å². The number of thiophene rings is 1. The first-order chi connectivity index (χ1) is 11.7. The summed E-state index contributed by atoms with van der Waals surface area (Å²) in [5, 5.41) is 1.13. The highest BCUT2D eigenvalue weighted by atomic mass is 32.1. The van der Waals surface area contributed by atoms with Gasteiger partial charge in [0.15, 0.2) is 0 Å². The molecule has 0 N–H and O–H groups in total. The zero-order chi connectivity index (χ0) is 16.5. The predicted molar refractivity (Wildman–Crippen MR) is 94.2 cm³/mol. The van der Waals surface area contributed by atoms with Gasteiger partial charge in [0, 0.05) is 16.8 Å². The monoisotopic (exact) mass is 345 g/mol. The third kappa shape index (κ3) is 3.17. The quantitative estimate of drug-likeness (QED) is 0.855. The third-order valence-electron chi connectivity index (χ3n) is 5.03. The number of carbonyl (C=O) groups excluding carboxylic acids is 1. The van der Waals surface area contributed by atoms with Crippen LogP contribution >= 0.6 is 11.3 Å². The van der Waals surface area contributed by atoms with Crippen molar-refractivity contribution in [3.63, 3.8) is 0 Å². The smallest absolute Gasteiger partial charge is 0.249 e. The number of hydrogen-bond donors (Lipinski definition) is 0. The summed E-state index contributed by atoms with van der Waals surface area (Å²) in [4.78, 5) is 25.7. The van der Waals surface area contributed by atoms with Gasteiger partial charge in [-0.3, -0.25) is 4.79 Å². The molecule has 2 fully saturated rings. The normalized spacial score (nSPS) is 20.0. The van der Waals surface area contributed by atoms with Crippen molar-refractivity contribution in [2.75, 3.05) is 19.8 Å². The highest BCUT2D eigenvalue weighted by Crippen LogP contribution is 2.39. The zero-order valence-corrected chi connectivity index (χ0v) is 14.9. The van der Waals surface area contributed by atoms with Crippen LogP contribution in [0.4, 0.5) is 0 Å². The minimum atomic E-state index is 0.0494.